The first-order valence-electron chi connectivity index (χ1n) is 8.29. The molecule has 0 spiro atoms. The van der Waals surface area contributed by atoms with Crippen molar-refractivity contribution in [2.75, 3.05) is 6.61 Å². The topological polar surface area (TPSA) is 59.3 Å². The van der Waals surface area contributed by atoms with Crippen LogP contribution in [-0.4, -0.2) is 12.4 Å². The number of hydrogen-bond donors (Lipinski definition) is 0. The van der Waals surface area contributed by atoms with E-state index in [9.17, 15) is 4.79 Å². The second-order valence-electron chi connectivity index (χ2n) is 6.04. The minimum Gasteiger partial charge on any atom is -0.490 e. The first-order valence-corrected chi connectivity index (χ1v) is 8.29. The van der Waals surface area contributed by atoms with Gasteiger partial charge in [0.15, 0.2) is 17.3 Å². The van der Waals surface area contributed by atoms with Gasteiger partial charge in [0.1, 0.15) is 6.61 Å². The molecule has 0 saturated heterocycles. The Morgan fingerprint density at radius 3 is 2.40 bits per heavy atom. The normalized spacial score (nSPS) is 10.2. The van der Waals surface area contributed by atoms with E-state index in [-0.39, 0.29) is 5.78 Å². The number of ketones is 1. The maximum atomic E-state index is 11.9. The van der Waals surface area contributed by atoms with Crippen molar-refractivity contribution in [3.63, 3.8) is 0 Å². The largest absolute Gasteiger partial charge is 0.490 e. The highest BCUT2D eigenvalue weighted by atomic mass is 16.5. The average Bonchev–Trinajstić information content (AvgIpc) is 2.55. The maximum absolute atomic E-state index is 11.9. The lowest BCUT2D eigenvalue weighted by atomic mass is 9.92. The Balaban J connectivity index is 2.35. The molecule has 0 bridgehead atoms. The number of benzene rings is 2. The first-order chi connectivity index (χ1) is 11.9. The van der Waals surface area contributed by atoms with Gasteiger partial charge in [0.2, 0.25) is 0 Å². The Morgan fingerprint density at radius 2 is 1.80 bits per heavy atom. The van der Waals surface area contributed by atoms with Crippen molar-refractivity contribution >= 4 is 5.78 Å². The molecule has 0 atom stereocenters. The van der Waals surface area contributed by atoms with E-state index in [1.165, 1.54) is 0 Å². The molecule has 0 fully saturated rings. The van der Waals surface area contributed by atoms with E-state index in [0.29, 0.717) is 30.3 Å². The zero-order chi connectivity index (χ0) is 18.6. The minimum absolute atomic E-state index is 0.0598. The molecule has 0 saturated carbocycles. The van der Waals surface area contributed by atoms with Crippen LogP contribution in [0.4, 0.5) is 0 Å². The number of hydrogen-bond acceptors (Lipinski definition) is 4. The summed E-state index contributed by atoms with van der Waals surface area (Å²) in [6, 6.07) is 9.24. The van der Waals surface area contributed by atoms with Gasteiger partial charge in [-0.1, -0.05) is 6.07 Å². The molecule has 2 aromatic carbocycles. The molecular weight excluding hydrogens is 314 g/mol. The Labute approximate surface area is 149 Å². The second kappa shape index (κ2) is 7.85. The third-order valence-electron chi connectivity index (χ3n) is 4.23. The molecule has 130 valence electrons. The van der Waals surface area contributed by atoms with Gasteiger partial charge < -0.3 is 9.47 Å². The third-order valence-corrected chi connectivity index (χ3v) is 4.23. The second-order valence-corrected chi connectivity index (χ2v) is 6.04. The quantitative estimate of drug-likeness (QED) is 0.719. The van der Waals surface area contributed by atoms with Crippen LogP contribution in [0.2, 0.25) is 0 Å². The Hall–Kier alpha value is -2.80. The van der Waals surface area contributed by atoms with E-state index in [1.807, 2.05) is 33.8 Å². The van der Waals surface area contributed by atoms with E-state index in [0.717, 1.165) is 27.8 Å². The summed E-state index contributed by atoms with van der Waals surface area (Å²) in [4.78, 5) is 11.9. The zero-order valence-electron chi connectivity index (χ0n) is 15.4. The van der Waals surface area contributed by atoms with Crippen LogP contribution >= 0.6 is 0 Å². The molecule has 0 aliphatic carbocycles. The van der Waals surface area contributed by atoms with Crippen LogP contribution in [0.25, 0.3) is 0 Å². The van der Waals surface area contributed by atoms with Gasteiger partial charge in [-0.3, -0.25) is 4.79 Å². The molecule has 4 nitrogen and oxygen atoms in total. The molecule has 4 heteroatoms. The van der Waals surface area contributed by atoms with Gasteiger partial charge in [-0.2, -0.15) is 5.26 Å². The van der Waals surface area contributed by atoms with Crippen LogP contribution in [0.1, 0.15) is 52.0 Å². The van der Waals surface area contributed by atoms with Crippen molar-refractivity contribution in [3.05, 3.63) is 57.6 Å². The number of nitriles is 1. The summed E-state index contributed by atoms with van der Waals surface area (Å²) >= 11 is 0. The number of nitrogens with zero attached hydrogens (tertiary/aromatic N) is 1. The Kier molecular flexibility index (Phi) is 5.82. The van der Waals surface area contributed by atoms with E-state index in [1.54, 1.807) is 25.1 Å². The molecule has 0 radical (unpaired) electrons. The summed E-state index contributed by atoms with van der Waals surface area (Å²) in [7, 11) is 0. The smallest absolute Gasteiger partial charge is 0.162 e. The summed E-state index contributed by atoms with van der Waals surface area (Å²) in [5.41, 5.74) is 5.32. The molecule has 2 rings (SSSR count). The third kappa shape index (κ3) is 4.00. The van der Waals surface area contributed by atoms with Gasteiger partial charge in [0.05, 0.1) is 18.2 Å². The monoisotopic (exact) mass is 337 g/mol. The van der Waals surface area contributed by atoms with Crippen LogP contribution in [0.15, 0.2) is 24.3 Å². The van der Waals surface area contributed by atoms with Gasteiger partial charge in [-0.25, -0.2) is 0 Å². The number of Topliss-reactive ketones (excluding diaryl/α,β-unsaturated/α-hetero) is 1. The maximum Gasteiger partial charge on any atom is 0.162 e. The summed E-state index contributed by atoms with van der Waals surface area (Å²) in [6.45, 7) is 10.2. The lowest BCUT2D eigenvalue weighted by molar-refractivity contribution is 0.101. The van der Waals surface area contributed by atoms with E-state index in [2.05, 4.69) is 6.07 Å². The fourth-order valence-corrected chi connectivity index (χ4v) is 3.11. The summed E-state index contributed by atoms with van der Waals surface area (Å²) < 4.78 is 11.5. The number of carbonyl (C=O) groups excluding carboxylic acids is 1. The number of carbonyl (C=O) groups is 1. The molecule has 0 aliphatic rings. The van der Waals surface area contributed by atoms with Crippen molar-refractivity contribution in [1.29, 1.82) is 5.26 Å². The van der Waals surface area contributed by atoms with Crippen molar-refractivity contribution < 1.29 is 14.3 Å². The number of aryl methyl sites for hydroxylation is 2. The molecule has 0 heterocycles. The average molecular weight is 337 g/mol. The minimum atomic E-state index is 0.0598. The number of ether oxygens (including phenoxy) is 2. The van der Waals surface area contributed by atoms with Crippen molar-refractivity contribution in [2.45, 2.75) is 41.2 Å². The van der Waals surface area contributed by atoms with Crippen LogP contribution in [0.3, 0.4) is 0 Å². The Morgan fingerprint density at radius 1 is 1.08 bits per heavy atom. The summed E-state index contributed by atoms with van der Waals surface area (Å²) in [5.74, 6) is 1.20. The zero-order valence-corrected chi connectivity index (χ0v) is 15.4. The highest BCUT2D eigenvalue weighted by Crippen LogP contribution is 2.30. The van der Waals surface area contributed by atoms with Crippen LogP contribution in [-0.2, 0) is 6.61 Å². The van der Waals surface area contributed by atoms with Crippen molar-refractivity contribution in [2.24, 2.45) is 0 Å². The van der Waals surface area contributed by atoms with Gasteiger partial charge in [0, 0.05) is 11.6 Å². The summed E-state index contributed by atoms with van der Waals surface area (Å²) in [6.07, 6.45) is 0. The molecule has 2 aromatic rings. The Bertz CT molecular complexity index is 847. The van der Waals surface area contributed by atoms with E-state index >= 15 is 0 Å². The number of rotatable bonds is 6. The lowest BCUT2D eigenvalue weighted by Gasteiger charge is -2.17. The highest BCUT2D eigenvalue weighted by Gasteiger charge is 2.15. The molecule has 0 unspecified atom stereocenters. The molecule has 0 N–H and O–H groups in total. The van der Waals surface area contributed by atoms with Gasteiger partial charge in [0.25, 0.3) is 0 Å². The molecular formula is C21H23NO3. The lowest BCUT2D eigenvalue weighted by Crippen LogP contribution is -2.09. The standard InChI is InChI=1S/C21H23NO3/c1-6-24-20-10-17(11-22)7-8-19(20)25-12-18-13(2)9-14(3)21(15(18)4)16(5)23/h7-10H,6,12H2,1-5H3. The predicted molar refractivity (Wildman–Crippen MR) is 97.3 cm³/mol. The van der Waals surface area contributed by atoms with Gasteiger partial charge >= 0.3 is 0 Å². The molecule has 25 heavy (non-hydrogen) atoms. The first kappa shape index (κ1) is 18.5. The SMILES string of the molecule is CCOc1cc(C#N)ccc1OCc1c(C)cc(C)c(C(C)=O)c1C. The molecule has 0 aromatic heterocycles. The molecule has 0 aliphatic heterocycles. The van der Waals surface area contributed by atoms with Crippen LogP contribution in [0, 0.1) is 32.1 Å². The highest BCUT2D eigenvalue weighted by molar-refractivity contribution is 5.97. The van der Waals surface area contributed by atoms with Crippen LogP contribution in [0.5, 0.6) is 11.5 Å². The van der Waals surface area contributed by atoms with Crippen LogP contribution < -0.4 is 9.47 Å². The summed E-state index contributed by atoms with van der Waals surface area (Å²) in [5, 5.41) is 9.03. The predicted octanol–water partition coefficient (Wildman–Crippen LogP) is 4.66. The van der Waals surface area contributed by atoms with Gasteiger partial charge in [-0.15, -0.1) is 0 Å². The fourth-order valence-electron chi connectivity index (χ4n) is 3.11. The van der Waals surface area contributed by atoms with Crippen molar-refractivity contribution in [1.82, 2.24) is 0 Å². The van der Waals surface area contributed by atoms with E-state index in [4.69, 9.17) is 14.7 Å². The van der Waals surface area contributed by atoms with Crippen molar-refractivity contribution in [3.8, 4) is 17.6 Å². The fraction of sp³-hybridized carbons (Fsp3) is 0.333. The van der Waals surface area contributed by atoms with Gasteiger partial charge in [-0.05, 0) is 69.0 Å². The van der Waals surface area contributed by atoms with E-state index < -0.39 is 0 Å². The molecule has 0 amide bonds.